The van der Waals surface area contributed by atoms with Crippen LogP contribution in [0.1, 0.15) is 25.3 Å². The van der Waals surface area contributed by atoms with Crippen molar-refractivity contribution in [1.82, 2.24) is 4.98 Å². The summed E-state index contributed by atoms with van der Waals surface area (Å²) in [6.07, 6.45) is 6.42. The molecule has 1 heterocycles. The Balaban J connectivity index is 1.87. The molecule has 2 atom stereocenters. The molecule has 0 radical (unpaired) electrons. The van der Waals surface area contributed by atoms with E-state index in [0.717, 1.165) is 19.3 Å². The molecule has 0 aromatic carbocycles. The van der Waals surface area contributed by atoms with Crippen molar-refractivity contribution in [2.75, 3.05) is 0 Å². The van der Waals surface area contributed by atoms with Crippen molar-refractivity contribution in [3.8, 4) is 0 Å². The number of aliphatic hydroxyl groups is 1. The van der Waals surface area contributed by atoms with Crippen LogP contribution in [-0.2, 0) is 6.42 Å². The first-order chi connectivity index (χ1) is 6.21. The van der Waals surface area contributed by atoms with Crippen molar-refractivity contribution in [2.45, 2.75) is 31.8 Å². The third kappa shape index (κ3) is 1.89. The lowest BCUT2D eigenvalue weighted by Crippen LogP contribution is -2.11. The van der Waals surface area contributed by atoms with Gasteiger partial charge in [-0.3, -0.25) is 4.98 Å². The molecule has 1 aromatic heterocycles. The van der Waals surface area contributed by atoms with Gasteiger partial charge in [-0.2, -0.15) is 0 Å². The molecule has 1 saturated carbocycles. The molecule has 13 heavy (non-hydrogen) atoms. The van der Waals surface area contributed by atoms with Crippen molar-refractivity contribution >= 4 is 0 Å². The summed E-state index contributed by atoms with van der Waals surface area (Å²) in [6, 6.07) is 4.02. The first kappa shape index (κ1) is 8.70. The van der Waals surface area contributed by atoms with Crippen LogP contribution in [0.2, 0.25) is 0 Å². The minimum absolute atomic E-state index is 0.358. The third-order valence-electron chi connectivity index (χ3n) is 3.01. The number of aryl methyl sites for hydroxylation is 1. The van der Waals surface area contributed by atoms with Gasteiger partial charge in [0.25, 0.3) is 0 Å². The Kier molecular flexibility index (Phi) is 2.08. The molecule has 0 bridgehead atoms. The summed E-state index contributed by atoms with van der Waals surface area (Å²) in [4.78, 5) is 3.96. The Hall–Kier alpha value is -0.890. The summed E-state index contributed by atoms with van der Waals surface area (Å²) in [5, 5.41) is 9.84. The highest BCUT2D eigenvalue weighted by Gasteiger charge is 2.48. The van der Waals surface area contributed by atoms with Crippen molar-refractivity contribution in [1.29, 1.82) is 0 Å². The van der Waals surface area contributed by atoms with Crippen LogP contribution < -0.4 is 0 Å². The molecule has 0 spiro atoms. The van der Waals surface area contributed by atoms with Gasteiger partial charge in [0, 0.05) is 12.4 Å². The van der Waals surface area contributed by atoms with E-state index in [1.165, 1.54) is 5.56 Å². The predicted molar refractivity (Wildman–Crippen MR) is 51.3 cm³/mol. The molecule has 2 rings (SSSR count). The summed E-state index contributed by atoms with van der Waals surface area (Å²) >= 11 is 0. The third-order valence-corrected chi connectivity index (χ3v) is 3.01. The molecule has 1 aromatic rings. The quantitative estimate of drug-likeness (QED) is 0.763. The van der Waals surface area contributed by atoms with E-state index < -0.39 is 0 Å². The maximum absolute atomic E-state index is 9.84. The lowest BCUT2D eigenvalue weighted by atomic mass is 10.1. The highest BCUT2D eigenvalue weighted by atomic mass is 16.3. The Morgan fingerprint density at radius 3 is 2.69 bits per heavy atom. The largest absolute Gasteiger partial charge is 0.390 e. The van der Waals surface area contributed by atoms with Gasteiger partial charge in [0.2, 0.25) is 0 Å². The highest BCUT2D eigenvalue weighted by Crippen LogP contribution is 2.46. The van der Waals surface area contributed by atoms with Crippen LogP contribution in [0.3, 0.4) is 0 Å². The number of hydrogen-bond acceptors (Lipinski definition) is 2. The van der Waals surface area contributed by atoms with E-state index in [-0.39, 0.29) is 5.60 Å². The van der Waals surface area contributed by atoms with Crippen LogP contribution in [0.4, 0.5) is 0 Å². The number of pyridine rings is 1. The van der Waals surface area contributed by atoms with Crippen molar-refractivity contribution < 1.29 is 5.11 Å². The molecule has 1 aliphatic rings. The molecule has 2 heteroatoms. The second kappa shape index (κ2) is 3.11. The summed E-state index contributed by atoms with van der Waals surface area (Å²) in [5.74, 6) is 0.495. The molecule has 2 nitrogen and oxygen atoms in total. The molecule has 2 unspecified atom stereocenters. The SMILES string of the molecule is CC1CC1(O)CCc1ccncc1. The van der Waals surface area contributed by atoms with E-state index in [1.54, 1.807) is 12.4 Å². The van der Waals surface area contributed by atoms with Crippen molar-refractivity contribution in [3.05, 3.63) is 30.1 Å². The van der Waals surface area contributed by atoms with Gasteiger partial charge in [0.15, 0.2) is 0 Å². The Morgan fingerprint density at radius 1 is 1.54 bits per heavy atom. The van der Waals surface area contributed by atoms with Gasteiger partial charge in [-0.15, -0.1) is 0 Å². The van der Waals surface area contributed by atoms with E-state index in [2.05, 4.69) is 11.9 Å². The fourth-order valence-corrected chi connectivity index (χ4v) is 1.73. The fourth-order valence-electron chi connectivity index (χ4n) is 1.73. The first-order valence-electron chi connectivity index (χ1n) is 4.82. The summed E-state index contributed by atoms with van der Waals surface area (Å²) in [6.45, 7) is 2.10. The lowest BCUT2D eigenvalue weighted by Gasteiger charge is -2.07. The summed E-state index contributed by atoms with van der Waals surface area (Å²) in [5.41, 5.74) is 0.908. The number of hydrogen-bond donors (Lipinski definition) is 1. The van der Waals surface area contributed by atoms with E-state index in [1.807, 2.05) is 12.1 Å². The van der Waals surface area contributed by atoms with Crippen molar-refractivity contribution in [2.24, 2.45) is 5.92 Å². The topological polar surface area (TPSA) is 33.1 Å². The van der Waals surface area contributed by atoms with E-state index >= 15 is 0 Å². The molecule has 0 aliphatic heterocycles. The minimum Gasteiger partial charge on any atom is -0.390 e. The molecule has 0 amide bonds. The molecular weight excluding hydrogens is 162 g/mol. The van der Waals surface area contributed by atoms with Gasteiger partial charge in [0.1, 0.15) is 0 Å². The Labute approximate surface area is 78.6 Å². The average Bonchev–Trinajstić information content (AvgIpc) is 2.74. The van der Waals surface area contributed by atoms with Crippen LogP contribution in [0.25, 0.3) is 0 Å². The van der Waals surface area contributed by atoms with Gasteiger partial charge in [-0.25, -0.2) is 0 Å². The van der Waals surface area contributed by atoms with Gasteiger partial charge in [0.05, 0.1) is 5.60 Å². The van der Waals surface area contributed by atoms with E-state index in [0.29, 0.717) is 5.92 Å². The Bertz CT molecular complexity index is 285. The van der Waals surface area contributed by atoms with Crippen LogP contribution >= 0.6 is 0 Å². The number of aromatic nitrogens is 1. The predicted octanol–water partition coefficient (Wildman–Crippen LogP) is 1.79. The number of nitrogens with zero attached hydrogens (tertiary/aromatic N) is 1. The molecule has 1 N–H and O–H groups in total. The maximum atomic E-state index is 9.84. The van der Waals surface area contributed by atoms with E-state index in [9.17, 15) is 5.11 Å². The molecule has 1 aliphatic carbocycles. The van der Waals surface area contributed by atoms with Crippen molar-refractivity contribution in [3.63, 3.8) is 0 Å². The molecule has 1 fully saturated rings. The zero-order valence-corrected chi connectivity index (χ0v) is 7.90. The van der Waals surface area contributed by atoms with Crippen LogP contribution in [0.5, 0.6) is 0 Å². The Morgan fingerprint density at radius 2 is 2.15 bits per heavy atom. The maximum Gasteiger partial charge on any atom is 0.0681 e. The first-order valence-corrected chi connectivity index (χ1v) is 4.82. The van der Waals surface area contributed by atoms with Gasteiger partial charge in [-0.05, 0) is 42.9 Å². The summed E-state index contributed by atoms with van der Waals surface area (Å²) < 4.78 is 0. The van der Waals surface area contributed by atoms with Gasteiger partial charge in [-0.1, -0.05) is 6.92 Å². The second-order valence-electron chi connectivity index (χ2n) is 4.06. The number of rotatable bonds is 3. The fraction of sp³-hybridized carbons (Fsp3) is 0.545. The minimum atomic E-state index is -0.358. The lowest BCUT2D eigenvalue weighted by molar-refractivity contribution is 0.124. The standard InChI is InChI=1S/C11H15NO/c1-9-8-11(9,13)5-2-10-3-6-12-7-4-10/h3-4,6-7,9,13H,2,5,8H2,1H3. The normalized spacial score (nSPS) is 31.7. The zero-order chi connectivity index (χ0) is 9.31. The van der Waals surface area contributed by atoms with Gasteiger partial charge < -0.3 is 5.11 Å². The van der Waals surface area contributed by atoms with Crippen LogP contribution in [0.15, 0.2) is 24.5 Å². The van der Waals surface area contributed by atoms with E-state index in [4.69, 9.17) is 0 Å². The molecular formula is C11H15NO. The summed E-state index contributed by atoms with van der Waals surface area (Å²) in [7, 11) is 0. The average molecular weight is 177 g/mol. The van der Waals surface area contributed by atoms with Gasteiger partial charge >= 0.3 is 0 Å². The molecule has 0 saturated heterocycles. The monoisotopic (exact) mass is 177 g/mol. The zero-order valence-electron chi connectivity index (χ0n) is 7.90. The highest BCUT2D eigenvalue weighted by molar-refractivity contribution is 5.12. The molecule has 70 valence electrons. The van der Waals surface area contributed by atoms with Crippen LogP contribution in [-0.4, -0.2) is 15.7 Å². The smallest absolute Gasteiger partial charge is 0.0681 e. The second-order valence-corrected chi connectivity index (χ2v) is 4.06. The van der Waals surface area contributed by atoms with Crippen LogP contribution in [0, 0.1) is 5.92 Å².